The van der Waals surface area contributed by atoms with Gasteiger partial charge in [0.2, 0.25) is 5.91 Å². The van der Waals surface area contributed by atoms with Gasteiger partial charge in [-0.15, -0.1) is 0 Å². The van der Waals surface area contributed by atoms with Crippen LogP contribution in [0.4, 0.5) is 5.69 Å². The van der Waals surface area contributed by atoms with Crippen LogP contribution in [0.2, 0.25) is 0 Å². The molecule has 0 unspecified atom stereocenters. The maximum atomic E-state index is 11.6. The monoisotopic (exact) mass is 238 g/mol. The van der Waals surface area contributed by atoms with Gasteiger partial charge >= 0.3 is 0 Å². The predicted molar refractivity (Wildman–Crippen MR) is 70.6 cm³/mol. The van der Waals surface area contributed by atoms with E-state index >= 15 is 0 Å². The summed E-state index contributed by atoms with van der Waals surface area (Å²) in [6, 6.07) is 7.47. The van der Waals surface area contributed by atoms with Crippen LogP contribution in [0.15, 0.2) is 24.3 Å². The zero-order chi connectivity index (χ0) is 11.8. The van der Waals surface area contributed by atoms with Crippen molar-refractivity contribution in [3.63, 3.8) is 0 Å². The van der Waals surface area contributed by atoms with Crippen molar-refractivity contribution in [1.29, 1.82) is 0 Å². The van der Waals surface area contributed by atoms with E-state index < -0.39 is 0 Å². The van der Waals surface area contributed by atoms with E-state index in [9.17, 15) is 4.79 Å². The fourth-order valence-electron chi connectivity index (χ4n) is 1.37. The van der Waals surface area contributed by atoms with Crippen LogP contribution in [0, 0.1) is 0 Å². The van der Waals surface area contributed by atoms with Gasteiger partial charge in [-0.3, -0.25) is 4.79 Å². The third kappa shape index (κ3) is 4.57. The lowest BCUT2D eigenvalue weighted by Gasteiger charge is -2.06. The molecule has 4 heteroatoms. The summed E-state index contributed by atoms with van der Waals surface area (Å²) in [7, 11) is 0. The maximum Gasteiger partial charge on any atom is 0.224 e. The highest BCUT2D eigenvalue weighted by molar-refractivity contribution is 7.98. The number of nitrogens with one attached hydrogen (secondary N) is 1. The zero-order valence-corrected chi connectivity index (χ0v) is 10.3. The number of anilines is 1. The first-order valence-electron chi connectivity index (χ1n) is 5.33. The van der Waals surface area contributed by atoms with E-state index in [1.165, 1.54) is 0 Å². The summed E-state index contributed by atoms with van der Waals surface area (Å²) in [5.74, 6) is 1.12. The van der Waals surface area contributed by atoms with Gasteiger partial charge in [0.1, 0.15) is 0 Å². The van der Waals surface area contributed by atoms with E-state index in [1.54, 1.807) is 11.8 Å². The Kier molecular flexibility index (Phi) is 5.78. The molecule has 0 saturated carbocycles. The Morgan fingerprint density at radius 1 is 1.44 bits per heavy atom. The van der Waals surface area contributed by atoms with Crippen molar-refractivity contribution in [2.24, 2.45) is 0 Å². The smallest absolute Gasteiger partial charge is 0.224 e. The molecule has 0 atom stereocenters. The number of hydrogen-bond donors (Lipinski definition) is 2. The van der Waals surface area contributed by atoms with E-state index in [4.69, 9.17) is 5.73 Å². The van der Waals surface area contributed by atoms with Crippen LogP contribution in [0.3, 0.4) is 0 Å². The zero-order valence-electron chi connectivity index (χ0n) is 9.53. The first-order valence-corrected chi connectivity index (χ1v) is 6.72. The lowest BCUT2D eigenvalue weighted by Crippen LogP contribution is -2.26. The number of rotatable bonds is 6. The normalized spacial score (nSPS) is 10.1. The molecule has 1 aromatic rings. The first-order chi connectivity index (χ1) is 7.74. The highest BCUT2D eigenvalue weighted by Gasteiger charge is 2.04. The second-order valence-corrected chi connectivity index (χ2v) is 4.56. The van der Waals surface area contributed by atoms with Crippen molar-refractivity contribution in [2.75, 3.05) is 24.3 Å². The second-order valence-electron chi connectivity index (χ2n) is 3.57. The fraction of sp³-hybridized carbons (Fsp3) is 0.417. The largest absolute Gasteiger partial charge is 0.398 e. The van der Waals surface area contributed by atoms with Crippen LogP contribution in [-0.4, -0.2) is 24.5 Å². The molecule has 1 amide bonds. The summed E-state index contributed by atoms with van der Waals surface area (Å²) >= 11 is 1.79. The van der Waals surface area contributed by atoms with E-state index in [1.807, 2.05) is 24.3 Å². The fourth-order valence-corrected chi connectivity index (χ4v) is 1.81. The number of amides is 1. The van der Waals surface area contributed by atoms with E-state index in [-0.39, 0.29) is 5.91 Å². The van der Waals surface area contributed by atoms with Gasteiger partial charge in [-0.05, 0) is 30.1 Å². The standard InChI is InChI=1S/C12H18N2OS/c1-16-8-4-7-14-12(15)9-10-5-2-3-6-11(10)13/h2-3,5-6H,4,7-9,13H2,1H3,(H,14,15). The van der Waals surface area contributed by atoms with Crippen LogP contribution >= 0.6 is 11.8 Å². The Bertz CT molecular complexity index is 342. The molecule has 0 radical (unpaired) electrons. The Labute approximate surface area is 101 Å². The molecule has 0 aromatic heterocycles. The number of carbonyl (C=O) groups is 1. The molecule has 0 saturated heterocycles. The van der Waals surface area contributed by atoms with Crippen molar-refractivity contribution >= 4 is 23.4 Å². The molecule has 88 valence electrons. The Hall–Kier alpha value is -1.16. The Morgan fingerprint density at radius 3 is 2.88 bits per heavy atom. The minimum atomic E-state index is 0.0407. The molecular weight excluding hydrogens is 220 g/mol. The maximum absolute atomic E-state index is 11.6. The molecule has 1 rings (SSSR count). The van der Waals surface area contributed by atoms with E-state index in [2.05, 4.69) is 11.6 Å². The molecule has 0 fully saturated rings. The average molecular weight is 238 g/mol. The highest BCUT2D eigenvalue weighted by Crippen LogP contribution is 2.10. The molecule has 0 aliphatic carbocycles. The van der Waals surface area contributed by atoms with Gasteiger partial charge in [-0.2, -0.15) is 11.8 Å². The molecular formula is C12H18N2OS. The van der Waals surface area contributed by atoms with Crippen LogP contribution < -0.4 is 11.1 Å². The minimum absolute atomic E-state index is 0.0407. The summed E-state index contributed by atoms with van der Waals surface area (Å²) in [4.78, 5) is 11.6. The van der Waals surface area contributed by atoms with Crippen molar-refractivity contribution in [2.45, 2.75) is 12.8 Å². The number of thioether (sulfide) groups is 1. The summed E-state index contributed by atoms with van der Waals surface area (Å²) in [5, 5.41) is 2.89. The Balaban J connectivity index is 2.32. The molecule has 0 heterocycles. The molecule has 3 N–H and O–H groups in total. The van der Waals surface area contributed by atoms with Gasteiger partial charge < -0.3 is 11.1 Å². The SMILES string of the molecule is CSCCCNC(=O)Cc1ccccc1N. The van der Waals surface area contributed by atoms with Crippen molar-refractivity contribution in [3.8, 4) is 0 Å². The molecule has 0 aliphatic rings. The number of para-hydroxylation sites is 1. The highest BCUT2D eigenvalue weighted by atomic mass is 32.2. The van der Waals surface area contributed by atoms with Crippen LogP contribution in [-0.2, 0) is 11.2 Å². The van der Waals surface area contributed by atoms with E-state index in [0.717, 1.165) is 24.3 Å². The third-order valence-corrected chi connectivity index (χ3v) is 2.95. The van der Waals surface area contributed by atoms with Gasteiger partial charge in [0, 0.05) is 12.2 Å². The van der Waals surface area contributed by atoms with Crippen molar-refractivity contribution < 1.29 is 4.79 Å². The quantitative estimate of drug-likeness (QED) is 0.585. The Morgan fingerprint density at radius 2 is 2.19 bits per heavy atom. The van der Waals surface area contributed by atoms with Crippen LogP contribution in [0.1, 0.15) is 12.0 Å². The lowest BCUT2D eigenvalue weighted by molar-refractivity contribution is -0.120. The van der Waals surface area contributed by atoms with E-state index in [0.29, 0.717) is 12.1 Å². The summed E-state index contributed by atoms with van der Waals surface area (Å²) < 4.78 is 0. The lowest BCUT2D eigenvalue weighted by atomic mass is 10.1. The summed E-state index contributed by atoms with van der Waals surface area (Å²) in [5.41, 5.74) is 7.34. The minimum Gasteiger partial charge on any atom is -0.398 e. The summed E-state index contributed by atoms with van der Waals surface area (Å²) in [6.07, 6.45) is 3.44. The summed E-state index contributed by atoms with van der Waals surface area (Å²) in [6.45, 7) is 0.742. The van der Waals surface area contributed by atoms with Crippen LogP contribution in [0.5, 0.6) is 0 Å². The van der Waals surface area contributed by atoms with Gasteiger partial charge in [-0.1, -0.05) is 18.2 Å². The second kappa shape index (κ2) is 7.17. The number of carbonyl (C=O) groups excluding carboxylic acids is 1. The molecule has 0 bridgehead atoms. The van der Waals surface area contributed by atoms with Crippen molar-refractivity contribution in [1.82, 2.24) is 5.32 Å². The molecule has 1 aromatic carbocycles. The van der Waals surface area contributed by atoms with Gasteiger partial charge in [0.15, 0.2) is 0 Å². The average Bonchev–Trinajstić information content (AvgIpc) is 2.28. The first kappa shape index (κ1) is 12.9. The number of benzene rings is 1. The molecule has 0 spiro atoms. The topological polar surface area (TPSA) is 55.1 Å². The van der Waals surface area contributed by atoms with Gasteiger partial charge in [-0.25, -0.2) is 0 Å². The predicted octanol–water partition coefficient (Wildman–Crippen LogP) is 1.68. The van der Waals surface area contributed by atoms with Crippen LogP contribution in [0.25, 0.3) is 0 Å². The molecule has 16 heavy (non-hydrogen) atoms. The number of nitrogen functional groups attached to an aromatic ring is 1. The van der Waals surface area contributed by atoms with Crippen molar-refractivity contribution in [3.05, 3.63) is 29.8 Å². The number of hydrogen-bond acceptors (Lipinski definition) is 3. The number of nitrogens with two attached hydrogens (primary N) is 1. The molecule has 0 aliphatic heterocycles. The third-order valence-electron chi connectivity index (χ3n) is 2.25. The molecule has 3 nitrogen and oxygen atoms in total. The van der Waals surface area contributed by atoms with Gasteiger partial charge in [0.25, 0.3) is 0 Å². The van der Waals surface area contributed by atoms with Gasteiger partial charge in [0.05, 0.1) is 6.42 Å².